The number of nitrogens with zero attached hydrogens (tertiary/aromatic N) is 1. The van der Waals surface area contributed by atoms with Gasteiger partial charge in [0, 0.05) is 18.3 Å². The summed E-state index contributed by atoms with van der Waals surface area (Å²) >= 11 is 1.59. The molecule has 0 radical (unpaired) electrons. The molecule has 2 aromatic carbocycles. The van der Waals surface area contributed by atoms with Crippen molar-refractivity contribution in [2.45, 2.75) is 58.5 Å². The number of amides is 2. The highest BCUT2D eigenvalue weighted by Gasteiger charge is 2.26. The van der Waals surface area contributed by atoms with Crippen molar-refractivity contribution in [2.75, 3.05) is 5.75 Å². The van der Waals surface area contributed by atoms with Gasteiger partial charge in [0.15, 0.2) is 0 Å². The summed E-state index contributed by atoms with van der Waals surface area (Å²) in [4.78, 5) is 27.4. The summed E-state index contributed by atoms with van der Waals surface area (Å²) < 4.78 is 0. The molecular weight excluding hydrogens is 380 g/mol. The van der Waals surface area contributed by atoms with Gasteiger partial charge in [-0.1, -0.05) is 61.5 Å². The molecule has 2 aromatic rings. The lowest BCUT2D eigenvalue weighted by Gasteiger charge is -2.29. The van der Waals surface area contributed by atoms with Crippen LogP contribution in [0.2, 0.25) is 0 Å². The number of thioether (sulfide) groups is 1. The number of hydrogen-bond donors (Lipinski definition) is 1. The van der Waals surface area contributed by atoms with E-state index < -0.39 is 6.04 Å². The van der Waals surface area contributed by atoms with Crippen LogP contribution in [0.25, 0.3) is 0 Å². The molecule has 4 nitrogen and oxygen atoms in total. The molecule has 156 valence electrons. The van der Waals surface area contributed by atoms with Crippen LogP contribution in [0.4, 0.5) is 0 Å². The van der Waals surface area contributed by atoms with Gasteiger partial charge in [0.1, 0.15) is 6.04 Å². The molecular formula is C24H32N2O2S. The minimum Gasteiger partial charge on any atom is -0.352 e. The van der Waals surface area contributed by atoms with Crippen molar-refractivity contribution >= 4 is 23.6 Å². The normalized spacial score (nSPS) is 12.8. The largest absolute Gasteiger partial charge is 0.352 e. The summed E-state index contributed by atoms with van der Waals surface area (Å²) in [6, 6.07) is 17.6. The Morgan fingerprint density at radius 2 is 1.69 bits per heavy atom. The second kappa shape index (κ2) is 11.7. The van der Waals surface area contributed by atoms with Crippen LogP contribution in [-0.4, -0.2) is 34.6 Å². The molecule has 2 amide bonds. The predicted octanol–water partition coefficient (Wildman–Crippen LogP) is 4.56. The highest BCUT2D eigenvalue weighted by atomic mass is 32.2. The second-order valence-electron chi connectivity index (χ2n) is 7.42. The Hall–Kier alpha value is -2.27. The van der Waals surface area contributed by atoms with Gasteiger partial charge in [-0.25, -0.2) is 0 Å². The highest BCUT2D eigenvalue weighted by molar-refractivity contribution is 7.99. The Morgan fingerprint density at radius 1 is 1.03 bits per heavy atom. The van der Waals surface area contributed by atoms with Gasteiger partial charge in [-0.3, -0.25) is 9.59 Å². The summed E-state index contributed by atoms with van der Waals surface area (Å²) in [7, 11) is 0. The average molecular weight is 413 g/mol. The Morgan fingerprint density at radius 3 is 2.34 bits per heavy atom. The monoisotopic (exact) mass is 412 g/mol. The van der Waals surface area contributed by atoms with E-state index in [4.69, 9.17) is 0 Å². The number of aryl methyl sites for hydroxylation is 1. The molecule has 0 saturated heterocycles. The van der Waals surface area contributed by atoms with Crippen molar-refractivity contribution in [1.29, 1.82) is 0 Å². The molecule has 0 spiro atoms. The molecule has 0 bridgehead atoms. The van der Waals surface area contributed by atoms with Crippen molar-refractivity contribution in [3.05, 3.63) is 71.3 Å². The standard InChI is InChI=1S/C24H32N2O2S/c1-5-19(3)25-24(28)20(4)26(15-21-12-7-6-8-13-21)23(27)17-29-16-22-14-10-9-11-18(22)2/h6-14,19-20H,5,15-17H2,1-4H3,(H,25,28)/t19-,20-/m1/s1. The first kappa shape index (κ1) is 23.0. The number of carbonyl (C=O) groups excluding carboxylic acids is 2. The number of nitrogens with one attached hydrogen (secondary N) is 1. The van der Waals surface area contributed by atoms with E-state index in [1.807, 2.05) is 63.2 Å². The van der Waals surface area contributed by atoms with Gasteiger partial charge < -0.3 is 10.2 Å². The molecule has 2 rings (SSSR count). The predicted molar refractivity (Wildman–Crippen MR) is 122 cm³/mol. The highest BCUT2D eigenvalue weighted by Crippen LogP contribution is 2.18. The molecule has 0 aliphatic carbocycles. The molecule has 0 heterocycles. The second-order valence-corrected chi connectivity index (χ2v) is 8.41. The zero-order chi connectivity index (χ0) is 21.2. The lowest BCUT2D eigenvalue weighted by atomic mass is 10.1. The first-order valence-electron chi connectivity index (χ1n) is 10.2. The van der Waals surface area contributed by atoms with Crippen molar-refractivity contribution < 1.29 is 9.59 Å². The van der Waals surface area contributed by atoms with Crippen LogP contribution < -0.4 is 5.32 Å². The summed E-state index contributed by atoms with van der Waals surface area (Å²) in [5.74, 6) is 1.01. The number of benzene rings is 2. The third kappa shape index (κ3) is 7.24. The van der Waals surface area contributed by atoms with Gasteiger partial charge >= 0.3 is 0 Å². The zero-order valence-corrected chi connectivity index (χ0v) is 18.7. The van der Waals surface area contributed by atoms with Crippen LogP contribution in [0.3, 0.4) is 0 Å². The van der Waals surface area contributed by atoms with Gasteiger partial charge in [-0.05, 0) is 43.9 Å². The molecule has 2 atom stereocenters. The fraction of sp³-hybridized carbons (Fsp3) is 0.417. The van der Waals surface area contributed by atoms with E-state index in [-0.39, 0.29) is 17.9 Å². The molecule has 5 heteroatoms. The van der Waals surface area contributed by atoms with E-state index in [1.54, 1.807) is 16.7 Å². The molecule has 0 fully saturated rings. The van der Waals surface area contributed by atoms with Gasteiger partial charge in [0.05, 0.1) is 5.75 Å². The smallest absolute Gasteiger partial charge is 0.242 e. The molecule has 0 saturated carbocycles. The Bertz CT molecular complexity index is 794. The molecule has 0 aromatic heterocycles. The maximum Gasteiger partial charge on any atom is 0.242 e. The van der Waals surface area contributed by atoms with E-state index in [1.165, 1.54) is 11.1 Å². The minimum atomic E-state index is -0.518. The van der Waals surface area contributed by atoms with E-state index in [2.05, 4.69) is 24.4 Å². The van der Waals surface area contributed by atoms with E-state index in [0.717, 1.165) is 17.7 Å². The summed E-state index contributed by atoms with van der Waals surface area (Å²) in [6.07, 6.45) is 0.859. The van der Waals surface area contributed by atoms with Crippen molar-refractivity contribution in [3.8, 4) is 0 Å². The van der Waals surface area contributed by atoms with Crippen LogP contribution >= 0.6 is 11.8 Å². The summed E-state index contributed by atoms with van der Waals surface area (Å²) in [5, 5.41) is 3.00. The van der Waals surface area contributed by atoms with Gasteiger partial charge in [0.2, 0.25) is 11.8 Å². The van der Waals surface area contributed by atoms with Gasteiger partial charge in [-0.2, -0.15) is 0 Å². The SMILES string of the molecule is CC[C@@H](C)NC(=O)[C@@H](C)N(Cc1ccccc1)C(=O)CSCc1ccccc1C. The Balaban J connectivity index is 2.05. The van der Waals surface area contributed by atoms with Crippen LogP contribution in [0, 0.1) is 6.92 Å². The third-order valence-corrected chi connectivity index (χ3v) is 6.07. The van der Waals surface area contributed by atoms with Crippen molar-refractivity contribution in [1.82, 2.24) is 10.2 Å². The third-order valence-electron chi connectivity index (χ3n) is 5.11. The average Bonchev–Trinajstić information content (AvgIpc) is 2.73. The quantitative estimate of drug-likeness (QED) is 0.622. The molecule has 0 aliphatic heterocycles. The van der Waals surface area contributed by atoms with E-state index in [0.29, 0.717) is 12.3 Å². The molecule has 29 heavy (non-hydrogen) atoms. The lowest BCUT2D eigenvalue weighted by molar-refractivity contribution is -0.138. The van der Waals surface area contributed by atoms with Crippen LogP contribution in [0.5, 0.6) is 0 Å². The Labute approximate surface area is 179 Å². The lowest BCUT2D eigenvalue weighted by Crippen LogP contribution is -2.50. The summed E-state index contributed by atoms with van der Waals surface area (Å²) in [6.45, 7) is 8.34. The van der Waals surface area contributed by atoms with Gasteiger partial charge in [-0.15, -0.1) is 11.8 Å². The molecule has 1 N–H and O–H groups in total. The van der Waals surface area contributed by atoms with E-state index in [9.17, 15) is 9.59 Å². The van der Waals surface area contributed by atoms with E-state index >= 15 is 0 Å². The maximum absolute atomic E-state index is 13.0. The first-order valence-corrected chi connectivity index (χ1v) is 11.3. The summed E-state index contributed by atoms with van der Waals surface area (Å²) in [5.41, 5.74) is 3.49. The fourth-order valence-corrected chi connectivity index (χ4v) is 3.92. The first-order chi connectivity index (χ1) is 13.9. The number of rotatable bonds is 10. The zero-order valence-electron chi connectivity index (χ0n) is 17.9. The molecule has 0 unspecified atom stereocenters. The van der Waals surface area contributed by atoms with Crippen molar-refractivity contribution in [3.63, 3.8) is 0 Å². The van der Waals surface area contributed by atoms with Crippen LogP contribution in [0.1, 0.15) is 43.9 Å². The molecule has 0 aliphatic rings. The van der Waals surface area contributed by atoms with Crippen LogP contribution in [-0.2, 0) is 21.9 Å². The fourth-order valence-electron chi connectivity index (χ4n) is 2.93. The number of hydrogen-bond acceptors (Lipinski definition) is 3. The maximum atomic E-state index is 13.0. The Kier molecular flexibility index (Phi) is 9.26. The van der Waals surface area contributed by atoms with Crippen LogP contribution in [0.15, 0.2) is 54.6 Å². The number of carbonyl (C=O) groups is 2. The topological polar surface area (TPSA) is 49.4 Å². The van der Waals surface area contributed by atoms with Crippen molar-refractivity contribution in [2.24, 2.45) is 0 Å². The minimum absolute atomic E-state index is 0.0146. The van der Waals surface area contributed by atoms with Gasteiger partial charge in [0.25, 0.3) is 0 Å².